The van der Waals surface area contributed by atoms with Crippen molar-refractivity contribution in [2.75, 3.05) is 11.1 Å². The smallest absolute Gasteiger partial charge is 0.241 e. The largest absolute Gasteiger partial charge is 0.301 e. The second-order valence-corrected chi connectivity index (χ2v) is 9.55. The van der Waals surface area contributed by atoms with Crippen LogP contribution in [0.25, 0.3) is 11.3 Å². The molecule has 3 aromatic rings. The van der Waals surface area contributed by atoms with Gasteiger partial charge in [0.05, 0.1) is 15.6 Å². The molecular weight excluding hydrogens is 451 g/mol. The number of sulfone groups is 1. The van der Waals surface area contributed by atoms with E-state index in [1.54, 1.807) is 23.6 Å². The highest BCUT2D eigenvalue weighted by Gasteiger charge is 2.20. The zero-order chi connectivity index (χ0) is 19.6. The predicted octanol–water partition coefficient (Wildman–Crippen LogP) is 5.18. The number of carbonyl (C=O) groups is 1. The van der Waals surface area contributed by atoms with Gasteiger partial charge < -0.3 is 5.32 Å². The molecule has 0 fully saturated rings. The molecule has 5 nitrogen and oxygen atoms in total. The summed E-state index contributed by atoms with van der Waals surface area (Å²) in [4.78, 5) is 16.4. The zero-order valence-corrected chi connectivity index (χ0v) is 17.3. The number of benzene rings is 2. The van der Waals surface area contributed by atoms with E-state index in [0.717, 1.165) is 11.3 Å². The van der Waals surface area contributed by atoms with Crippen molar-refractivity contribution in [3.63, 3.8) is 0 Å². The SMILES string of the molecule is O=C(CS(=O)(=O)c1ccc(Cl)cc1)Nc1nc(-c2ccc(Cl)cc2Cl)cs1. The molecule has 1 heterocycles. The van der Waals surface area contributed by atoms with Crippen molar-refractivity contribution in [1.82, 2.24) is 4.98 Å². The highest BCUT2D eigenvalue weighted by molar-refractivity contribution is 7.92. The second-order valence-electron chi connectivity index (χ2n) is 5.42. The summed E-state index contributed by atoms with van der Waals surface area (Å²) in [5, 5.41) is 5.81. The van der Waals surface area contributed by atoms with Gasteiger partial charge in [0.2, 0.25) is 5.91 Å². The minimum Gasteiger partial charge on any atom is -0.301 e. The third-order valence-corrected chi connectivity index (χ3v) is 6.64. The molecule has 1 N–H and O–H groups in total. The van der Waals surface area contributed by atoms with E-state index in [0.29, 0.717) is 26.3 Å². The summed E-state index contributed by atoms with van der Waals surface area (Å²) in [6.45, 7) is 0. The summed E-state index contributed by atoms with van der Waals surface area (Å²) in [7, 11) is -3.78. The van der Waals surface area contributed by atoms with Crippen LogP contribution in [0.5, 0.6) is 0 Å². The monoisotopic (exact) mass is 460 g/mol. The summed E-state index contributed by atoms with van der Waals surface area (Å²) in [6, 6.07) is 10.6. The van der Waals surface area contributed by atoms with Crippen LogP contribution in [0, 0.1) is 0 Å². The van der Waals surface area contributed by atoms with Crippen LogP contribution in [0.3, 0.4) is 0 Å². The molecule has 0 saturated carbocycles. The first-order valence-corrected chi connectivity index (χ1v) is 11.1. The maximum absolute atomic E-state index is 12.3. The number of thiazole rings is 1. The first-order chi connectivity index (χ1) is 12.7. The average Bonchev–Trinajstić information content (AvgIpc) is 3.02. The van der Waals surface area contributed by atoms with Gasteiger partial charge in [-0.1, -0.05) is 34.8 Å². The van der Waals surface area contributed by atoms with Gasteiger partial charge >= 0.3 is 0 Å². The fraction of sp³-hybridized carbons (Fsp3) is 0.0588. The summed E-state index contributed by atoms with van der Waals surface area (Å²) < 4.78 is 24.6. The van der Waals surface area contributed by atoms with Gasteiger partial charge in [0, 0.05) is 21.0 Å². The van der Waals surface area contributed by atoms with Crippen LogP contribution >= 0.6 is 46.1 Å². The van der Waals surface area contributed by atoms with Gasteiger partial charge in [-0.25, -0.2) is 13.4 Å². The first-order valence-electron chi connectivity index (χ1n) is 7.44. The minimum absolute atomic E-state index is 0.0230. The number of hydrogen-bond acceptors (Lipinski definition) is 5. The highest BCUT2D eigenvalue weighted by atomic mass is 35.5. The highest BCUT2D eigenvalue weighted by Crippen LogP contribution is 2.32. The molecule has 2 aromatic carbocycles. The maximum Gasteiger partial charge on any atom is 0.241 e. The maximum atomic E-state index is 12.3. The van der Waals surface area contributed by atoms with E-state index in [1.165, 1.54) is 24.3 Å². The lowest BCUT2D eigenvalue weighted by Crippen LogP contribution is -2.22. The molecule has 0 atom stereocenters. The molecule has 1 aromatic heterocycles. The molecule has 1 amide bonds. The molecular formula is C17H11Cl3N2O3S2. The first kappa shape index (κ1) is 20.1. The zero-order valence-electron chi connectivity index (χ0n) is 13.4. The van der Waals surface area contributed by atoms with Crippen LogP contribution in [0.1, 0.15) is 0 Å². The van der Waals surface area contributed by atoms with Crippen LogP contribution in [0.15, 0.2) is 52.7 Å². The molecule has 0 aliphatic heterocycles. The molecule has 3 rings (SSSR count). The Morgan fingerprint density at radius 3 is 2.37 bits per heavy atom. The molecule has 10 heteroatoms. The van der Waals surface area contributed by atoms with Crippen LogP contribution in [-0.4, -0.2) is 25.1 Å². The van der Waals surface area contributed by atoms with E-state index in [4.69, 9.17) is 34.8 Å². The summed E-state index contributed by atoms with van der Waals surface area (Å²) >= 11 is 18.9. The Bertz CT molecular complexity index is 1100. The van der Waals surface area contributed by atoms with Gasteiger partial charge in [0.15, 0.2) is 15.0 Å². The van der Waals surface area contributed by atoms with E-state index in [2.05, 4.69) is 10.3 Å². The van der Waals surface area contributed by atoms with Crippen molar-refractivity contribution in [1.29, 1.82) is 0 Å². The number of nitrogens with one attached hydrogen (secondary N) is 1. The number of aromatic nitrogens is 1. The fourth-order valence-corrected chi connectivity index (χ4v) is 4.70. The molecule has 0 unspecified atom stereocenters. The predicted molar refractivity (Wildman–Crippen MR) is 110 cm³/mol. The number of amides is 1. The van der Waals surface area contributed by atoms with Crippen LogP contribution in [0.2, 0.25) is 15.1 Å². The normalized spacial score (nSPS) is 11.4. The van der Waals surface area contributed by atoms with Gasteiger partial charge in [-0.2, -0.15) is 0 Å². The van der Waals surface area contributed by atoms with E-state index >= 15 is 0 Å². The van der Waals surface area contributed by atoms with Crippen molar-refractivity contribution >= 4 is 67.0 Å². The second kappa shape index (κ2) is 8.16. The van der Waals surface area contributed by atoms with E-state index in [9.17, 15) is 13.2 Å². The quantitative estimate of drug-likeness (QED) is 0.568. The van der Waals surface area contributed by atoms with Crippen molar-refractivity contribution in [2.24, 2.45) is 0 Å². The third-order valence-electron chi connectivity index (χ3n) is 3.45. The summed E-state index contributed by atoms with van der Waals surface area (Å²) in [5.41, 5.74) is 1.21. The molecule has 27 heavy (non-hydrogen) atoms. The lowest BCUT2D eigenvalue weighted by atomic mass is 10.2. The Morgan fingerprint density at radius 1 is 1.04 bits per heavy atom. The number of rotatable bonds is 5. The van der Waals surface area contributed by atoms with Crippen LogP contribution < -0.4 is 5.32 Å². The lowest BCUT2D eigenvalue weighted by Gasteiger charge is -2.05. The number of anilines is 1. The Morgan fingerprint density at radius 2 is 1.70 bits per heavy atom. The minimum atomic E-state index is -3.78. The molecule has 0 aliphatic carbocycles. The Kier molecular flexibility index (Phi) is 6.08. The number of carbonyl (C=O) groups excluding carboxylic acids is 1. The standard InChI is InChI=1S/C17H11Cl3N2O3S2/c18-10-1-4-12(5-2-10)27(24,25)9-16(23)22-17-21-15(8-26-17)13-6-3-11(19)7-14(13)20/h1-8H,9H2,(H,21,22,23). The fourth-order valence-electron chi connectivity index (χ4n) is 2.21. The number of halogens is 3. The Hall–Kier alpha value is -1.64. The molecule has 140 valence electrons. The van der Waals surface area contributed by atoms with Gasteiger partial charge in [0.1, 0.15) is 5.75 Å². The van der Waals surface area contributed by atoms with Crippen molar-refractivity contribution in [3.8, 4) is 11.3 Å². The van der Waals surface area contributed by atoms with Gasteiger partial charge in [-0.05, 0) is 42.5 Å². The Balaban J connectivity index is 1.71. The molecule has 0 spiro atoms. The van der Waals surface area contributed by atoms with Gasteiger partial charge in [0.25, 0.3) is 0 Å². The van der Waals surface area contributed by atoms with Crippen LogP contribution in [-0.2, 0) is 14.6 Å². The number of hydrogen-bond donors (Lipinski definition) is 1. The topological polar surface area (TPSA) is 76.1 Å². The lowest BCUT2D eigenvalue weighted by molar-refractivity contribution is -0.113. The van der Waals surface area contributed by atoms with Crippen molar-refractivity contribution < 1.29 is 13.2 Å². The van der Waals surface area contributed by atoms with E-state index in [-0.39, 0.29) is 10.0 Å². The summed E-state index contributed by atoms with van der Waals surface area (Å²) in [5.74, 6) is -1.39. The van der Waals surface area contributed by atoms with Gasteiger partial charge in [-0.3, -0.25) is 4.79 Å². The van der Waals surface area contributed by atoms with Crippen molar-refractivity contribution in [3.05, 3.63) is 62.9 Å². The molecule has 0 aliphatic rings. The van der Waals surface area contributed by atoms with Crippen LogP contribution in [0.4, 0.5) is 5.13 Å². The molecule has 0 saturated heterocycles. The Labute approximate surface area is 174 Å². The summed E-state index contributed by atoms with van der Waals surface area (Å²) in [6.07, 6.45) is 0. The van der Waals surface area contributed by atoms with Crippen molar-refractivity contribution in [2.45, 2.75) is 4.90 Å². The van der Waals surface area contributed by atoms with E-state index in [1.807, 2.05) is 0 Å². The molecule has 0 bridgehead atoms. The average molecular weight is 462 g/mol. The third kappa shape index (κ3) is 5.00. The van der Waals surface area contributed by atoms with E-state index < -0.39 is 21.5 Å². The number of nitrogens with zero attached hydrogens (tertiary/aromatic N) is 1. The molecule has 0 radical (unpaired) electrons. The van der Waals surface area contributed by atoms with Gasteiger partial charge in [-0.15, -0.1) is 11.3 Å².